The number of carbonyl (C=O) groups is 2. The van der Waals surface area contributed by atoms with E-state index < -0.39 is 21.9 Å². The summed E-state index contributed by atoms with van der Waals surface area (Å²) in [5, 5.41) is 2.78. The standard InChI is InChI=1S/C23H28N2O5S/c1-15-12-16(2)21(17(3)13-15)31(28,29)25-11-7-8-18(14-25)22(26)24-20-10-6-5-9-19(20)23(27)30-4/h5-6,9-10,12-13,18H,7-8,11,14H2,1-4H3,(H,24,26)/t18-/m1/s1. The minimum atomic E-state index is -3.73. The van der Waals surface area contributed by atoms with E-state index in [1.165, 1.54) is 11.4 Å². The van der Waals surface area contributed by atoms with Gasteiger partial charge in [0.05, 0.1) is 29.2 Å². The Balaban J connectivity index is 1.81. The molecule has 1 heterocycles. The molecule has 0 unspecified atom stereocenters. The molecular formula is C23H28N2O5S. The zero-order valence-corrected chi connectivity index (χ0v) is 19.1. The summed E-state index contributed by atoms with van der Waals surface area (Å²) in [5.74, 6) is -1.37. The van der Waals surface area contributed by atoms with Gasteiger partial charge in [-0.1, -0.05) is 29.8 Å². The first kappa shape index (κ1) is 23.0. The maximum Gasteiger partial charge on any atom is 0.339 e. The predicted molar refractivity (Wildman–Crippen MR) is 119 cm³/mol. The molecular weight excluding hydrogens is 416 g/mol. The summed E-state index contributed by atoms with van der Waals surface area (Å²) in [7, 11) is -2.45. The Bertz CT molecular complexity index is 1090. The highest BCUT2D eigenvalue weighted by Gasteiger charge is 2.35. The molecule has 2 aromatic carbocycles. The summed E-state index contributed by atoms with van der Waals surface area (Å²) in [5.41, 5.74) is 3.02. The van der Waals surface area contributed by atoms with Gasteiger partial charge in [0, 0.05) is 13.1 Å². The van der Waals surface area contributed by atoms with Crippen LogP contribution in [0.4, 0.5) is 5.69 Å². The molecule has 1 aliphatic rings. The number of sulfonamides is 1. The highest BCUT2D eigenvalue weighted by molar-refractivity contribution is 7.89. The molecule has 1 atom stereocenters. The number of nitrogens with one attached hydrogen (secondary N) is 1. The van der Waals surface area contributed by atoms with Crippen LogP contribution in [0.25, 0.3) is 0 Å². The molecule has 7 nitrogen and oxygen atoms in total. The van der Waals surface area contributed by atoms with Crippen LogP contribution < -0.4 is 5.32 Å². The van der Waals surface area contributed by atoms with Crippen molar-refractivity contribution >= 4 is 27.6 Å². The second-order valence-electron chi connectivity index (χ2n) is 7.96. The zero-order chi connectivity index (χ0) is 22.8. The Morgan fingerprint density at radius 2 is 1.74 bits per heavy atom. The van der Waals surface area contributed by atoms with Gasteiger partial charge < -0.3 is 10.1 Å². The van der Waals surface area contributed by atoms with Crippen molar-refractivity contribution < 1.29 is 22.7 Å². The summed E-state index contributed by atoms with van der Waals surface area (Å²) in [4.78, 5) is 25.2. The number of esters is 1. The largest absolute Gasteiger partial charge is 0.465 e. The van der Waals surface area contributed by atoms with E-state index in [0.29, 0.717) is 41.1 Å². The number of anilines is 1. The van der Waals surface area contributed by atoms with Crippen LogP contribution in [0.1, 0.15) is 39.9 Å². The van der Waals surface area contributed by atoms with Crippen LogP contribution in [0.3, 0.4) is 0 Å². The van der Waals surface area contributed by atoms with Crippen LogP contribution in [0.2, 0.25) is 0 Å². The number of aryl methyl sites for hydroxylation is 3. The van der Waals surface area contributed by atoms with Crippen LogP contribution in [0, 0.1) is 26.7 Å². The number of ether oxygens (including phenoxy) is 1. The van der Waals surface area contributed by atoms with Gasteiger partial charge in [-0.3, -0.25) is 4.79 Å². The lowest BCUT2D eigenvalue weighted by atomic mass is 9.98. The van der Waals surface area contributed by atoms with E-state index in [1.54, 1.807) is 38.1 Å². The molecule has 2 aromatic rings. The molecule has 1 aliphatic heterocycles. The number of hydrogen-bond donors (Lipinski definition) is 1. The Labute approximate surface area is 183 Å². The molecule has 1 amide bonds. The predicted octanol–water partition coefficient (Wildman–Crippen LogP) is 3.44. The van der Waals surface area contributed by atoms with Gasteiger partial charge in [0.25, 0.3) is 0 Å². The third-order valence-corrected chi connectivity index (χ3v) is 7.72. The summed E-state index contributed by atoms with van der Waals surface area (Å²) in [6, 6.07) is 10.3. The Hall–Kier alpha value is -2.71. The molecule has 0 saturated carbocycles. The lowest BCUT2D eigenvalue weighted by Gasteiger charge is -2.32. The van der Waals surface area contributed by atoms with E-state index in [-0.39, 0.29) is 18.0 Å². The van der Waals surface area contributed by atoms with E-state index in [4.69, 9.17) is 4.74 Å². The maximum atomic E-state index is 13.4. The topological polar surface area (TPSA) is 92.8 Å². The molecule has 1 fully saturated rings. The molecule has 166 valence electrons. The molecule has 0 spiro atoms. The van der Waals surface area contributed by atoms with Crippen LogP contribution in [0.5, 0.6) is 0 Å². The molecule has 0 aromatic heterocycles. The summed E-state index contributed by atoms with van der Waals surface area (Å²) in [6.45, 7) is 6.00. The number of rotatable bonds is 5. The van der Waals surface area contributed by atoms with Gasteiger partial charge in [-0.05, 0) is 56.9 Å². The number of methoxy groups -OCH3 is 1. The molecule has 1 saturated heterocycles. The molecule has 31 heavy (non-hydrogen) atoms. The van der Waals surface area contributed by atoms with Crippen molar-refractivity contribution in [2.45, 2.75) is 38.5 Å². The molecule has 0 aliphatic carbocycles. The highest BCUT2D eigenvalue weighted by Crippen LogP contribution is 2.29. The lowest BCUT2D eigenvalue weighted by molar-refractivity contribution is -0.120. The fourth-order valence-corrected chi connectivity index (χ4v) is 6.13. The van der Waals surface area contributed by atoms with Gasteiger partial charge in [0.2, 0.25) is 15.9 Å². The molecule has 0 radical (unpaired) electrons. The smallest absolute Gasteiger partial charge is 0.339 e. The average Bonchev–Trinajstić information content (AvgIpc) is 2.72. The number of para-hydroxylation sites is 1. The van der Waals surface area contributed by atoms with Crippen LogP contribution in [-0.4, -0.2) is 44.8 Å². The third kappa shape index (κ3) is 4.80. The molecule has 0 bridgehead atoms. The van der Waals surface area contributed by atoms with Gasteiger partial charge in [-0.2, -0.15) is 4.31 Å². The van der Waals surface area contributed by atoms with Crippen LogP contribution in [-0.2, 0) is 19.6 Å². The first-order valence-corrected chi connectivity index (χ1v) is 11.7. The third-order valence-electron chi connectivity index (χ3n) is 5.55. The molecule has 8 heteroatoms. The number of hydrogen-bond acceptors (Lipinski definition) is 5. The first-order valence-electron chi connectivity index (χ1n) is 10.2. The van der Waals surface area contributed by atoms with Gasteiger partial charge in [0.15, 0.2) is 0 Å². The monoisotopic (exact) mass is 444 g/mol. The first-order chi connectivity index (χ1) is 14.6. The summed E-state index contributed by atoms with van der Waals surface area (Å²) >= 11 is 0. The lowest BCUT2D eigenvalue weighted by Crippen LogP contribution is -2.44. The van der Waals surface area contributed by atoms with Gasteiger partial charge >= 0.3 is 5.97 Å². The minimum absolute atomic E-state index is 0.0985. The minimum Gasteiger partial charge on any atom is -0.465 e. The Morgan fingerprint density at radius 3 is 2.39 bits per heavy atom. The number of carbonyl (C=O) groups excluding carboxylic acids is 2. The second kappa shape index (κ2) is 9.20. The Morgan fingerprint density at radius 1 is 1.10 bits per heavy atom. The van der Waals surface area contributed by atoms with E-state index in [0.717, 1.165) is 5.56 Å². The van der Waals surface area contributed by atoms with Crippen molar-refractivity contribution in [2.24, 2.45) is 5.92 Å². The SMILES string of the molecule is COC(=O)c1ccccc1NC(=O)[C@@H]1CCCN(S(=O)(=O)c2c(C)cc(C)cc2C)C1. The summed E-state index contributed by atoms with van der Waals surface area (Å²) < 4.78 is 32.9. The molecule has 1 N–H and O–H groups in total. The van der Waals surface area contributed by atoms with Gasteiger partial charge in [-0.15, -0.1) is 0 Å². The van der Waals surface area contributed by atoms with Gasteiger partial charge in [0.1, 0.15) is 0 Å². The maximum absolute atomic E-state index is 13.4. The number of nitrogens with zero attached hydrogens (tertiary/aromatic N) is 1. The Kier molecular flexibility index (Phi) is 6.81. The van der Waals surface area contributed by atoms with E-state index in [2.05, 4.69) is 5.32 Å². The van der Waals surface area contributed by atoms with Crippen LogP contribution >= 0.6 is 0 Å². The van der Waals surface area contributed by atoms with Crippen molar-refractivity contribution in [2.75, 3.05) is 25.5 Å². The van der Waals surface area contributed by atoms with Crippen molar-refractivity contribution in [1.82, 2.24) is 4.31 Å². The normalized spacial score (nSPS) is 17.2. The molecule has 3 rings (SSSR count). The van der Waals surface area contributed by atoms with Gasteiger partial charge in [-0.25, -0.2) is 13.2 Å². The van der Waals surface area contributed by atoms with Crippen molar-refractivity contribution in [3.63, 3.8) is 0 Å². The second-order valence-corrected chi connectivity index (χ2v) is 9.83. The highest BCUT2D eigenvalue weighted by atomic mass is 32.2. The summed E-state index contributed by atoms with van der Waals surface area (Å²) in [6.07, 6.45) is 1.16. The zero-order valence-electron chi connectivity index (χ0n) is 18.3. The number of piperidine rings is 1. The van der Waals surface area contributed by atoms with Crippen molar-refractivity contribution in [3.8, 4) is 0 Å². The van der Waals surface area contributed by atoms with Crippen molar-refractivity contribution in [1.29, 1.82) is 0 Å². The quantitative estimate of drug-likeness (QED) is 0.713. The number of benzene rings is 2. The van der Waals surface area contributed by atoms with Crippen molar-refractivity contribution in [3.05, 3.63) is 58.7 Å². The fraction of sp³-hybridized carbons (Fsp3) is 0.391. The average molecular weight is 445 g/mol. The fourth-order valence-electron chi connectivity index (χ4n) is 4.19. The van der Waals surface area contributed by atoms with Crippen LogP contribution in [0.15, 0.2) is 41.3 Å². The number of amides is 1. The van der Waals surface area contributed by atoms with E-state index >= 15 is 0 Å². The van der Waals surface area contributed by atoms with E-state index in [9.17, 15) is 18.0 Å². The van der Waals surface area contributed by atoms with E-state index in [1.807, 2.05) is 19.1 Å².